The second-order valence-electron chi connectivity index (χ2n) is 7.70. The van der Waals surface area contributed by atoms with E-state index in [4.69, 9.17) is 0 Å². The van der Waals surface area contributed by atoms with Crippen LogP contribution >= 0.6 is 0 Å². The van der Waals surface area contributed by atoms with Gasteiger partial charge in [-0.25, -0.2) is 0 Å². The van der Waals surface area contributed by atoms with Crippen LogP contribution in [0.5, 0.6) is 0 Å². The van der Waals surface area contributed by atoms with Crippen LogP contribution in [-0.2, 0) is 0 Å². The van der Waals surface area contributed by atoms with Gasteiger partial charge in [0, 0.05) is 24.7 Å². The molecule has 2 nitrogen and oxygen atoms in total. The first-order valence-electron chi connectivity index (χ1n) is 9.12. The summed E-state index contributed by atoms with van der Waals surface area (Å²) in [5.74, 6) is 0.989. The van der Waals surface area contributed by atoms with Crippen molar-refractivity contribution in [2.24, 2.45) is 5.92 Å². The van der Waals surface area contributed by atoms with Crippen molar-refractivity contribution in [3.8, 4) is 0 Å². The Morgan fingerprint density at radius 2 is 1.65 bits per heavy atom. The van der Waals surface area contributed by atoms with Crippen molar-refractivity contribution >= 4 is 0 Å². The molecule has 0 aromatic carbocycles. The highest BCUT2D eigenvalue weighted by Gasteiger charge is 2.39. The van der Waals surface area contributed by atoms with Gasteiger partial charge in [-0.3, -0.25) is 4.90 Å². The molecule has 0 amide bonds. The fourth-order valence-corrected chi connectivity index (χ4v) is 3.51. The fraction of sp³-hybridized carbons (Fsp3) is 1.00. The molecular formula is C18H36N2. The highest BCUT2D eigenvalue weighted by Crippen LogP contribution is 2.35. The van der Waals surface area contributed by atoms with Crippen LogP contribution in [0.15, 0.2) is 0 Å². The van der Waals surface area contributed by atoms with Crippen LogP contribution in [0.4, 0.5) is 0 Å². The molecule has 1 N–H and O–H groups in total. The molecule has 1 aliphatic heterocycles. The lowest BCUT2D eigenvalue weighted by Gasteiger charge is -2.46. The van der Waals surface area contributed by atoms with E-state index in [-0.39, 0.29) is 0 Å². The minimum Gasteiger partial charge on any atom is -0.311 e. The molecule has 118 valence electrons. The van der Waals surface area contributed by atoms with Gasteiger partial charge >= 0.3 is 0 Å². The van der Waals surface area contributed by atoms with Crippen molar-refractivity contribution in [2.45, 2.75) is 90.1 Å². The van der Waals surface area contributed by atoms with Gasteiger partial charge in [0.1, 0.15) is 0 Å². The fourth-order valence-electron chi connectivity index (χ4n) is 3.51. The van der Waals surface area contributed by atoms with Crippen LogP contribution in [0.25, 0.3) is 0 Å². The molecule has 1 heterocycles. The quantitative estimate of drug-likeness (QED) is 0.637. The maximum atomic E-state index is 3.78. The third-order valence-electron chi connectivity index (χ3n) is 5.29. The Morgan fingerprint density at radius 1 is 1.00 bits per heavy atom. The molecule has 2 heteroatoms. The van der Waals surface area contributed by atoms with Crippen molar-refractivity contribution in [1.82, 2.24) is 10.2 Å². The highest BCUT2D eigenvalue weighted by atomic mass is 15.3. The second kappa shape index (κ2) is 7.79. The Kier molecular flexibility index (Phi) is 6.35. The Bertz CT molecular complexity index is 271. The van der Waals surface area contributed by atoms with Gasteiger partial charge < -0.3 is 5.32 Å². The number of nitrogens with one attached hydrogen (secondary N) is 1. The number of piperazine rings is 1. The maximum Gasteiger partial charge on any atom is 0.0278 e. The minimum atomic E-state index is 0.355. The van der Waals surface area contributed by atoms with Crippen molar-refractivity contribution < 1.29 is 0 Å². The zero-order chi connectivity index (χ0) is 14.4. The molecule has 0 bridgehead atoms. The summed E-state index contributed by atoms with van der Waals surface area (Å²) in [4.78, 5) is 2.76. The summed E-state index contributed by atoms with van der Waals surface area (Å²) in [6.45, 7) is 10.9. The van der Waals surface area contributed by atoms with Crippen LogP contribution in [0.3, 0.4) is 0 Å². The molecule has 0 aromatic rings. The van der Waals surface area contributed by atoms with Gasteiger partial charge in [-0.1, -0.05) is 45.4 Å². The normalized spacial score (nSPS) is 26.9. The lowest BCUT2D eigenvalue weighted by Crippen LogP contribution is -2.62. The standard InChI is InChI=1S/C18H36N2/c1-4-5-6-7-8-9-10-13-20-14-17(16-11-12-16)19-15-18(20,2)3/h16-17,19H,4-15H2,1-3H3. The van der Waals surface area contributed by atoms with Gasteiger partial charge in [-0.2, -0.15) is 0 Å². The van der Waals surface area contributed by atoms with Crippen molar-refractivity contribution in [3.63, 3.8) is 0 Å². The molecule has 20 heavy (non-hydrogen) atoms. The lowest BCUT2D eigenvalue weighted by molar-refractivity contribution is 0.0590. The van der Waals surface area contributed by atoms with E-state index in [1.54, 1.807) is 0 Å². The first-order chi connectivity index (χ1) is 9.63. The summed E-state index contributed by atoms with van der Waals surface area (Å²) in [6, 6.07) is 0.785. The Morgan fingerprint density at radius 3 is 2.30 bits per heavy atom. The van der Waals surface area contributed by atoms with Crippen molar-refractivity contribution in [3.05, 3.63) is 0 Å². The molecule has 1 aliphatic carbocycles. The zero-order valence-corrected chi connectivity index (χ0v) is 14.1. The van der Waals surface area contributed by atoms with Gasteiger partial charge in [0.2, 0.25) is 0 Å². The predicted molar refractivity (Wildman–Crippen MR) is 88.2 cm³/mol. The van der Waals surface area contributed by atoms with Crippen LogP contribution < -0.4 is 5.32 Å². The summed E-state index contributed by atoms with van der Waals surface area (Å²) in [6.07, 6.45) is 12.9. The number of unbranched alkanes of at least 4 members (excludes halogenated alkanes) is 6. The van der Waals surface area contributed by atoms with Gasteiger partial charge in [0.15, 0.2) is 0 Å². The van der Waals surface area contributed by atoms with Gasteiger partial charge in [0.05, 0.1) is 0 Å². The third kappa shape index (κ3) is 5.04. The lowest BCUT2D eigenvalue weighted by atomic mass is 9.95. The monoisotopic (exact) mass is 280 g/mol. The molecule has 1 saturated carbocycles. The first-order valence-corrected chi connectivity index (χ1v) is 9.12. The van der Waals surface area contributed by atoms with Crippen LogP contribution in [0.2, 0.25) is 0 Å². The Balaban J connectivity index is 1.61. The highest BCUT2D eigenvalue weighted by molar-refractivity contribution is 4.98. The molecule has 0 spiro atoms. The SMILES string of the molecule is CCCCCCCCCN1CC(C2CC2)NCC1(C)C. The number of hydrogen-bond donors (Lipinski definition) is 1. The topological polar surface area (TPSA) is 15.3 Å². The summed E-state index contributed by atoms with van der Waals surface area (Å²) >= 11 is 0. The minimum absolute atomic E-state index is 0.355. The number of rotatable bonds is 9. The molecule has 0 radical (unpaired) electrons. The summed E-state index contributed by atoms with van der Waals surface area (Å²) in [7, 11) is 0. The van der Waals surface area contributed by atoms with E-state index in [0.29, 0.717) is 5.54 Å². The van der Waals surface area contributed by atoms with Crippen LogP contribution in [0, 0.1) is 5.92 Å². The average Bonchev–Trinajstić information content (AvgIpc) is 3.23. The van der Waals surface area contributed by atoms with Crippen molar-refractivity contribution in [2.75, 3.05) is 19.6 Å². The molecule has 2 rings (SSSR count). The molecule has 2 aliphatic rings. The molecule has 1 atom stereocenters. The van der Waals surface area contributed by atoms with E-state index >= 15 is 0 Å². The number of nitrogens with zero attached hydrogens (tertiary/aromatic N) is 1. The van der Waals surface area contributed by atoms with Crippen LogP contribution in [0.1, 0.15) is 78.6 Å². The average molecular weight is 280 g/mol. The van der Waals surface area contributed by atoms with Crippen LogP contribution in [-0.4, -0.2) is 36.1 Å². The Hall–Kier alpha value is -0.0800. The molecule has 1 saturated heterocycles. The second-order valence-corrected chi connectivity index (χ2v) is 7.70. The maximum absolute atomic E-state index is 3.78. The van der Waals surface area contributed by atoms with E-state index in [2.05, 4.69) is 31.0 Å². The van der Waals surface area contributed by atoms with Crippen molar-refractivity contribution in [1.29, 1.82) is 0 Å². The van der Waals surface area contributed by atoms with E-state index in [1.807, 2.05) is 0 Å². The summed E-state index contributed by atoms with van der Waals surface area (Å²) < 4.78 is 0. The third-order valence-corrected chi connectivity index (χ3v) is 5.29. The van der Waals surface area contributed by atoms with E-state index < -0.39 is 0 Å². The molecule has 0 aromatic heterocycles. The van der Waals surface area contributed by atoms with E-state index in [1.165, 1.54) is 77.4 Å². The smallest absolute Gasteiger partial charge is 0.0278 e. The largest absolute Gasteiger partial charge is 0.311 e. The molecule has 2 fully saturated rings. The van der Waals surface area contributed by atoms with E-state index in [0.717, 1.165) is 12.0 Å². The predicted octanol–water partition coefficient (Wildman–Crippen LogP) is 4.20. The van der Waals surface area contributed by atoms with Gasteiger partial charge in [0.25, 0.3) is 0 Å². The summed E-state index contributed by atoms with van der Waals surface area (Å²) in [5, 5.41) is 3.78. The molecule has 1 unspecified atom stereocenters. The van der Waals surface area contributed by atoms with Gasteiger partial charge in [-0.05, 0) is 45.6 Å². The first kappa shape index (κ1) is 16.3. The number of hydrogen-bond acceptors (Lipinski definition) is 2. The van der Waals surface area contributed by atoms with Gasteiger partial charge in [-0.15, -0.1) is 0 Å². The van der Waals surface area contributed by atoms with E-state index in [9.17, 15) is 0 Å². The Labute approximate surface area is 126 Å². The zero-order valence-electron chi connectivity index (χ0n) is 14.1. The molecular weight excluding hydrogens is 244 g/mol. The summed E-state index contributed by atoms with van der Waals surface area (Å²) in [5.41, 5.74) is 0.355.